The molecule has 0 amide bonds. The van der Waals surface area contributed by atoms with Gasteiger partial charge >= 0.3 is 0 Å². The second kappa shape index (κ2) is 3.20. The molecule has 1 aliphatic rings. The van der Waals surface area contributed by atoms with Gasteiger partial charge in [-0.25, -0.2) is 0 Å². The number of rotatable bonds is 1. The van der Waals surface area contributed by atoms with Crippen LogP contribution < -0.4 is 0 Å². The number of aliphatic hydroxyl groups is 1. The van der Waals surface area contributed by atoms with Crippen molar-refractivity contribution in [2.75, 3.05) is 6.61 Å². The molecular weight excluding hydrogens is 158 g/mol. The molecule has 0 radical (unpaired) electrons. The van der Waals surface area contributed by atoms with Crippen molar-refractivity contribution in [2.45, 2.75) is 25.6 Å². The molecule has 0 fully saturated rings. The Morgan fingerprint density at radius 1 is 1.50 bits per heavy atom. The maximum atomic E-state index is 8.86. The summed E-state index contributed by atoms with van der Waals surface area (Å²) in [6.07, 6.45) is 1.59. The number of aliphatic hydroxyl groups excluding tert-OH is 1. The zero-order valence-electron chi connectivity index (χ0n) is 6.66. The normalized spacial score (nSPS) is 23.2. The Kier molecular flexibility index (Phi) is 2.05. The van der Waals surface area contributed by atoms with E-state index in [0.29, 0.717) is 6.61 Å². The zero-order chi connectivity index (χ0) is 8.39. The van der Waals surface area contributed by atoms with Crippen molar-refractivity contribution in [3.8, 4) is 0 Å². The summed E-state index contributed by atoms with van der Waals surface area (Å²) < 4.78 is 5.36. The number of fused-ring (bicyclic) bond motifs is 1. The van der Waals surface area contributed by atoms with E-state index in [1.807, 2.05) is 0 Å². The molecule has 0 saturated heterocycles. The van der Waals surface area contributed by atoms with E-state index >= 15 is 0 Å². The van der Waals surface area contributed by atoms with Crippen molar-refractivity contribution < 1.29 is 9.84 Å². The number of nitrogens with one attached hydrogen (secondary N) is 1. The second-order valence-electron chi connectivity index (χ2n) is 2.87. The van der Waals surface area contributed by atoms with Gasteiger partial charge in [-0.15, -0.1) is 0 Å². The molecule has 12 heavy (non-hydrogen) atoms. The van der Waals surface area contributed by atoms with Gasteiger partial charge in [0, 0.05) is 0 Å². The number of H-pyrrole nitrogens is 1. The summed E-state index contributed by atoms with van der Waals surface area (Å²) in [5.41, 5.74) is 1.83. The molecule has 66 valence electrons. The molecule has 0 spiro atoms. The van der Waals surface area contributed by atoms with E-state index in [0.717, 1.165) is 24.2 Å². The first kappa shape index (κ1) is 7.70. The smallest absolute Gasteiger partial charge is 0.111 e. The fourth-order valence-corrected chi connectivity index (χ4v) is 1.31. The second-order valence-corrected chi connectivity index (χ2v) is 2.87. The third kappa shape index (κ3) is 1.33. The van der Waals surface area contributed by atoms with Gasteiger partial charge in [0.2, 0.25) is 0 Å². The highest BCUT2D eigenvalue weighted by molar-refractivity contribution is 5.08. The van der Waals surface area contributed by atoms with Gasteiger partial charge < -0.3 is 9.84 Å². The first-order valence-corrected chi connectivity index (χ1v) is 4.01. The highest BCUT2D eigenvalue weighted by Gasteiger charge is 2.18. The van der Waals surface area contributed by atoms with E-state index in [2.05, 4.69) is 15.4 Å². The van der Waals surface area contributed by atoms with Gasteiger partial charge in [0.1, 0.15) is 5.69 Å². The zero-order valence-corrected chi connectivity index (χ0v) is 6.66. The van der Waals surface area contributed by atoms with E-state index in [1.165, 1.54) is 0 Å². The quantitative estimate of drug-likeness (QED) is 0.601. The average Bonchev–Trinajstić information content (AvgIpc) is 2.46. The van der Waals surface area contributed by atoms with E-state index in [1.54, 1.807) is 0 Å². The van der Waals surface area contributed by atoms with Gasteiger partial charge in [0.05, 0.1) is 25.0 Å². The predicted molar refractivity (Wildman–Crippen MR) is 40.4 cm³/mol. The van der Waals surface area contributed by atoms with Gasteiger partial charge in [-0.2, -0.15) is 15.4 Å². The lowest BCUT2D eigenvalue weighted by Crippen LogP contribution is -2.16. The molecule has 1 aliphatic heterocycles. The summed E-state index contributed by atoms with van der Waals surface area (Å²) in [6.45, 7) is 0.533. The lowest BCUT2D eigenvalue weighted by atomic mass is 10.1. The number of hydrogen-bond donors (Lipinski definition) is 2. The van der Waals surface area contributed by atoms with Crippen LogP contribution in [0, 0.1) is 0 Å². The van der Waals surface area contributed by atoms with Crippen molar-refractivity contribution >= 4 is 0 Å². The van der Waals surface area contributed by atoms with Crippen LogP contribution in [0.15, 0.2) is 0 Å². The SMILES string of the molecule is OCC1CCc2n[nH]nc2CO1. The van der Waals surface area contributed by atoms with E-state index in [9.17, 15) is 0 Å². The van der Waals surface area contributed by atoms with E-state index in [-0.39, 0.29) is 12.7 Å². The van der Waals surface area contributed by atoms with Crippen LogP contribution in [0.1, 0.15) is 17.8 Å². The fraction of sp³-hybridized carbons (Fsp3) is 0.714. The minimum atomic E-state index is -0.0546. The van der Waals surface area contributed by atoms with Crippen molar-refractivity contribution in [1.82, 2.24) is 15.4 Å². The van der Waals surface area contributed by atoms with Crippen LogP contribution in [0.2, 0.25) is 0 Å². The Morgan fingerprint density at radius 3 is 3.17 bits per heavy atom. The van der Waals surface area contributed by atoms with Gasteiger partial charge in [-0.3, -0.25) is 0 Å². The van der Waals surface area contributed by atoms with Crippen LogP contribution >= 0.6 is 0 Å². The Hall–Kier alpha value is -0.940. The number of aromatic amines is 1. The molecule has 1 aromatic rings. The maximum absolute atomic E-state index is 8.86. The third-order valence-corrected chi connectivity index (χ3v) is 2.07. The Bertz CT molecular complexity index is 238. The predicted octanol–water partition coefficient (Wildman–Crippen LogP) is -0.372. The van der Waals surface area contributed by atoms with Crippen LogP contribution in [0.5, 0.6) is 0 Å². The molecule has 0 aliphatic carbocycles. The molecule has 0 saturated carbocycles. The molecule has 0 bridgehead atoms. The summed E-state index contributed by atoms with van der Waals surface area (Å²) in [5.74, 6) is 0. The minimum absolute atomic E-state index is 0.0546. The van der Waals surface area contributed by atoms with Crippen LogP contribution in [0.4, 0.5) is 0 Å². The third-order valence-electron chi connectivity index (χ3n) is 2.07. The van der Waals surface area contributed by atoms with Gasteiger partial charge in [0.25, 0.3) is 0 Å². The van der Waals surface area contributed by atoms with Crippen LogP contribution in [0.3, 0.4) is 0 Å². The lowest BCUT2D eigenvalue weighted by molar-refractivity contribution is 0.00134. The average molecular weight is 169 g/mol. The number of aromatic nitrogens is 3. The van der Waals surface area contributed by atoms with Gasteiger partial charge in [-0.05, 0) is 12.8 Å². The number of hydrogen-bond acceptors (Lipinski definition) is 4. The first-order valence-electron chi connectivity index (χ1n) is 4.01. The van der Waals surface area contributed by atoms with Gasteiger partial charge in [-0.1, -0.05) is 0 Å². The Morgan fingerprint density at radius 2 is 2.33 bits per heavy atom. The summed E-state index contributed by atoms with van der Waals surface area (Å²) in [4.78, 5) is 0. The Labute approximate surface area is 69.7 Å². The molecule has 5 heteroatoms. The number of ether oxygens (including phenoxy) is 1. The summed E-state index contributed by atoms with van der Waals surface area (Å²) in [6, 6.07) is 0. The fourth-order valence-electron chi connectivity index (χ4n) is 1.31. The van der Waals surface area contributed by atoms with E-state index < -0.39 is 0 Å². The molecule has 1 atom stereocenters. The van der Waals surface area contributed by atoms with Crippen LogP contribution in [-0.4, -0.2) is 33.2 Å². The molecule has 1 unspecified atom stereocenters. The molecule has 0 aromatic carbocycles. The number of aryl methyl sites for hydroxylation is 1. The molecule has 2 N–H and O–H groups in total. The first-order chi connectivity index (χ1) is 5.90. The molecule has 5 nitrogen and oxygen atoms in total. The van der Waals surface area contributed by atoms with Crippen molar-refractivity contribution in [1.29, 1.82) is 0 Å². The monoisotopic (exact) mass is 169 g/mol. The molecular formula is C7H11N3O2. The van der Waals surface area contributed by atoms with Crippen molar-refractivity contribution in [3.05, 3.63) is 11.4 Å². The minimum Gasteiger partial charge on any atom is -0.394 e. The Balaban J connectivity index is 2.10. The van der Waals surface area contributed by atoms with E-state index in [4.69, 9.17) is 9.84 Å². The van der Waals surface area contributed by atoms with Crippen LogP contribution in [0.25, 0.3) is 0 Å². The highest BCUT2D eigenvalue weighted by Crippen LogP contribution is 2.15. The number of nitrogens with zero attached hydrogens (tertiary/aromatic N) is 2. The van der Waals surface area contributed by atoms with Crippen molar-refractivity contribution in [2.24, 2.45) is 0 Å². The maximum Gasteiger partial charge on any atom is 0.111 e. The summed E-state index contributed by atoms with van der Waals surface area (Å²) in [7, 11) is 0. The van der Waals surface area contributed by atoms with Gasteiger partial charge in [0.15, 0.2) is 0 Å². The standard InChI is InChI=1S/C7H11N3O2/c11-3-5-1-2-6-7(4-12-5)9-10-8-6/h5,11H,1-4H2,(H,8,9,10). The molecule has 2 heterocycles. The topological polar surface area (TPSA) is 71.0 Å². The molecule has 1 aromatic heterocycles. The van der Waals surface area contributed by atoms with Crippen LogP contribution in [-0.2, 0) is 17.8 Å². The largest absolute Gasteiger partial charge is 0.394 e. The van der Waals surface area contributed by atoms with Crippen molar-refractivity contribution in [3.63, 3.8) is 0 Å². The lowest BCUT2D eigenvalue weighted by Gasteiger charge is -2.09. The highest BCUT2D eigenvalue weighted by atomic mass is 16.5. The molecule has 2 rings (SSSR count). The summed E-state index contributed by atoms with van der Waals surface area (Å²) >= 11 is 0. The summed E-state index contributed by atoms with van der Waals surface area (Å²) in [5, 5.41) is 19.3.